The first kappa shape index (κ1) is 17.0. The van der Waals surface area contributed by atoms with Gasteiger partial charge in [0.2, 0.25) is 0 Å². The maximum Gasteiger partial charge on any atom is 0.148 e. The normalized spacial score (nSPS) is 11.4. The predicted octanol–water partition coefficient (Wildman–Crippen LogP) is 4.38. The second-order valence-corrected chi connectivity index (χ2v) is 6.77. The quantitative estimate of drug-likeness (QED) is 0.751. The first-order valence-corrected chi connectivity index (χ1v) is 8.21. The highest BCUT2D eigenvalue weighted by molar-refractivity contribution is 5.55. The average Bonchev–Trinajstić information content (AvgIpc) is 2.62. The average molecular weight is 336 g/mol. The standard InChI is InChI=1S/C20H21FN4/c1-14-4-9-17(22-12-14)18-10-11-19(25-24-18)23-13-20(2,3)15-5-7-16(21)8-6-15/h4-12H,13H2,1-3H3,(H,23,25). The minimum absolute atomic E-state index is 0.160. The van der Waals surface area contributed by atoms with E-state index >= 15 is 0 Å². The lowest BCUT2D eigenvalue weighted by molar-refractivity contribution is 0.552. The fraction of sp³-hybridized carbons (Fsp3) is 0.250. The van der Waals surface area contributed by atoms with Crippen molar-refractivity contribution in [3.63, 3.8) is 0 Å². The Bertz CT molecular complexity index is 825. The summed E-state index contributed by atoms with van der Waals surface area (Å²) in [4.78, 5) is 4.36. The van der Waals surface area contributed by atoms with Crippen LogP contribution in [0, 0.1) is 12.7 Å². The molecular formula is C20H21FN4. The Morgan fingerprint density at radius 1 is 0.920 bits per heavy atom. The Kier molecular flexibility index (Phi) is 4.74. The molecule has 5 heteroatoms. The molecule has 0 aliphatic rings. The molecule has 0 radical (unpaired) electrons. The van der Waals surface area contributed by atoms with Gasteiger partial charge in [-0.05, 0) is 48.4 Å². The minimum Gasteiger partial charge on any atom is -0.368 e. The van der Waals surface area contributed by atoms with Crippen LogP contribution < -0.4 is 5.32 Å². The molecule has 0 spiro atoms. The maximum absolute atomic E-state index is 13.1. The van der Waals surface area contributed by atoms with Gasteiger partial charge in [-0.25, -0.2) is 4.39 Å². The summed E-state index contributed by atoms with van der Waals surface area (Å²) in [7, 11) is 0. The topological polar surface area (TPSA) is 50.7 Å². The van der Waals surface area contributed by atoms with Crippen LogP contribution >= 0.6 is 0 Å². The molecule has 2 heterocycles. The van der Waals surface area contributed by atoms with Gasteiger partial charge >= 0.3 is 0 Å². The summed E-state index contributed by atoms with van der Waals surface area (Å²) >= 11 is 0. The molecule has 0 saturated heterocycles. The van der Waals surface area contributed by atoms with Crippen molar-refractivity contribution in [2.24, 2.45) is 0 Å². The van der Waals surface area contributed by atoms with E-state index < -0.39 is 0 Å². The summed E-state index contributed by atoms with van der Waals surface area (Å²) in [6, 6.07) is 14.3. The predicted molar refractivity (Wildman–Crippen MR) is 97.9 cm³/mol. The van der Waals surface area contributed by atoms with E-state index in [1.807, 2.05) is 49.5 Å². The summed E-state index contributed by atoms with van der Waals surface area (Å²) in [5.74, 6) is 0.477. The molecule has 0 bridgehead atoms. The number of anilines is 1. The lowest BCUT2D eigenvalue weighted by atomic mass is 9.84. The van der Waals surface area contributed by atoms with Gasteiger partial charge in [-0.3, -0.25) is 4.98 Å². The molecule has 3 rings (SSSR count). The molecule has 0 unspecified atom stereocenters. The molecule has 0 saturated carbocycles. The summed E-state index contributed by atoms with van der Waals surface area (Å²) < 4.78 is 13.1. The zero-order valence-corrected chi connectivity index (χ0v) is 14.6. The highest BCUT2D eigenvalue weighted by atomic mass is 19.1. The number of aryl methyl sites for hydroxylation is 1. The van der Waals surface area contributed by atoms with E-state index in [0.717, 1.165) is 22.5 Å². The molecule has 2 aromatic heterocycles. The van der Waals surface area contributed by atoms with Crippen LogP contribution in [0.1, 0.15) is 25.0 Å². The van der Waals surface area contributed by atoms with Crippen LogP contribution in [0.2, 0.25) is 0 Å². The van der Waals surface area contributed by atoms with Gasteiger partial charge in [-0.15, -0.1) is 10.2 Å². The van der Waals surface area contributed by atoms with E-state index in [1.165, 1.54) is 12.1 Å². The van der Waals surface area contributed by atoms with Crippen LogP contribution in [0.15, 0.2) is 54.7 Å². The molecule has 0 amide bonds. The number of nitrogens with zero attached hydrogens (tertiary/aromatic N) is 3. The number of benzene rings is 1. The second-order valence-electron chi connectivity index (χ2n) is 6.77. The van der Waals surface area contributed by atoms with Crippen LogP contribution in [0.5, 0.6) is 0 Å². The van der Waals surface area contributed by atoms with Crippen LogP contribution in [0.25, 0.3) is 11.4 Å². The van der Waals surface area contributed by atoms with Crippen molar-refractivity contribution in [1.82, 2.24) is 15.2 Å². The summed E-state index contributed by atoms with van der Waals surface area (Å²) in [6.45, 7) is 6.87. The number of aromatic nitrogens is 3. The van der Waals surface area contributed by atoms with E-state index in [9.17, 15) is 4.39 Å². The van der Waals surface area contributed by atoms with Crippen molar-refractivity contribution in [1.29, 1.82) is 0 Å². The van der Waals surface area contributed by atoms with Gasteiger partial charge in [0.1, 0.15) is 17.3 Å². The lowest BCUT2D eigenvalue weighted by Crippen LogP contribution is -2.28. The first-order chi connectivity index (χ1) is 11.9. The Morgan fingerprint density at radius 2 is 1.64 bits per heavy atom. The van der Waals surface area contributed by atoms with E-state index in [0.29, 0.717) is 12.4 Å². The monoisotopic (exact) mass is 336 g/mol. The van der Waals surface area contributed by atoms with Gasteiger partial charge in [0.25, 0.3) is 0 Å². The molecule has 1 aromatic carbocycles. The third kappa shape index (κ3) is 4.18. The third-order valence-corrected chi connectivity index (χ3v) is 4.18. The molecule has 4 nitrogen and oxygen atoms in total. The molecule has 3 aromatic rings. The van der Waals surface area contributed by atoms with E-state index in [-0.39, 0.29) is 11.2 Å². The van der Waals surface area contributed by atoms with Gasteiger partial charge in [0.05, 0.1) is 5.69 Å². The molecule has 0 atom stereocenters. The second kappa shape index (κ2) is 6.97. The van der Waals surface area contributed by atoms with Crippen molar-refractivity contribution in [2.45, 2.75) is 26.2 Å². The maximum atomic E-state index is 13.1. The number of halogens is 1. The van der Waals surface area contributed by atoms with Crippen LogP contribution in [0.4, 0.5) is 10.2 Å². The van der Waals surface area contributed by atoms with E-state index in [1.54, 1.807) is 0 Å². The van der Waals surface area contributed by atoms with Gasteiger partial charge in [-0.2, -0.15) is 0 Å². The number of pyridine rings is 1. The highest BCUT2D eigenvalue weighted by Crippen LogP contribution is 2.24. The fourth-order valence-electron chi connectivity index (χ4n) is 2.50. The zero-order chi connectivity index (χ0) is 17.9. The number of hydrogen-bond donors (Lipinski definition) is 1. The first-order valence-electron chi connectivity index (χ1n) is 8.21. The third-order valence-electron chi connectivity index (χ3n) is 4.18. The number of rotatable bonds is 5. The molecule has 0 aliphatic heterocycles. The molecule has 0 aliphatic carbocycles. The van der Waals surface area contributed by atoms with Crippen LogP contribution in [-0.4, -0.2) is 21.7 Å². The molecular weight excluding hydrogens is 315 g/mol. The summed E-state index contributed by atoms with van der Waals surface area (Å²) in [6.07, 6.45) is 1.81. The SMILES string of the molecule is Cc1ccc(-c2ccc(NCC(C)(C)c3ccc(F)cc3)nn2)nc1. The van der Waals surface area contributed by atoms with Gasteiger partial charge in [0, 0.05) is 18.2 Å². The number of hydrogen-bond acceptors (Lipinski definition) is 4. The van der Waals surface area contributed by atoms with Crippen molar-refractivity contribution in [3.05, 3.63) is 71.7 Å². The largest absolute Gasteiger partial charge is 0.368 e. The molecule has 25 heavy (non-hydrogen) atoms. The van der Waals surface area contributed by atoms with Crippen LogP contribution in [-0.2, 0) is 5.41 Å². The summed E-state index contributed by atoms with van der Waals surface area (Å²) in [5.41, 5.74) is 3.56. The Balaban J connectivity index is 1.67. The van der Waals surface area contributed by atoms with E-state index in [2.05, 4.69) is 34.3 Å². The smallest absolute Gasteiger partial charge is 0.148 e. The summed E-state index contributed by atoms with van der Waals surface area (Å²) in [5, 5.41) is 11.8. The Morgan fingerprint density at radius 3 is 2.24 bits per heavy atom. The lowest BCUT2D eigenvalue weighted by Gasteiger charge is -2.25. The van der Waals surface area contributed by atoms with Crippen molar-refractivity contribution >= 4 is 5.82 Å². The van der Waals surface area contributed by atoms with Crippen molar-refractivity contribution < 1.29 is 4.39 Å². The number of nitrogens with one attached hydrogen (secondary N) is 1. The van der Waals surface area contributed by atoms with Gasteiger partial charge < -0.3 is 5.32 Å². The Labute approximate surface area is 147 Å². The van der Waals surface area contributed by atoms with Crippen LogP contribution in [0.3, 0.4) is 0 Å². The minimum atomic E-state index is -0.223. The Hall–Kier alpha value is -2.82. The van der Waals surface area contributed by atoms with Crippen molar-refractivity contribution in [2.75, 3.05) is 11.9 Å². The zero-order valence-electron chi connectivity index (χ0n) is 14.6. The highest BCUT2D eigenvalue weighted by Gasteiger charge is 2.20. The molecule has 128 valence electrons. The van der Waals surface area contributed by atoms with Gasteiger partial charge in [-0.1, -0.05) is 32.0 Å². The molecule has 0 fully saturated rings. The van der Waals surface area contributed by atoms with Gasteiger partial charge in [0.15, 0.2) is 0 Å². The van der Waals surface area contributed by atoms with Crippen molar-refractivity contribution in [3.8, 4) is 11.4 Å². The van der Waals surface area contributed by atoms with E-state index in [4.69, 9.17) is 0 Å². The fourth-order valence-corrected chi connectivity index (χ4v) is 2.50. The molecule has 1 N–H and O–H groups in total.